The third kappa shape index (κ3) is 1.58. The summed E-state index contributed by atoms with van der Waals surface area (Å²) in [6, 6.07) is 7.25. The molecule has 2 aliphatic rings. The molecule has 1 aromatic rings. The van der Waals surface area contributed by atoms with Crippen LogP contribution in [0.4, 0.5) is 10.1 Å². The monoisotopic (exact) mass is 245 g/mol. The lowest BCUT2D eigenvalue weighted by atomic mass is 9.95. The summed E-state index contributed by atoms with van der Waals surface area (Å²) in [6.45, 7) is 5.14. The van der Waals surface area contributed by atoms with Gasteiger partial charge in [0.25, 0.3) is 0 Å². The molecule has 18 heavy (non-hydrogen) atoms. The van der Waals surface area contributed by atoms with E-state index in [0.29, 0.717) is 17.9 Å². The Kier molecular flexibility index (Phi) is 2.71. The Morgan fingerprint density at radius 3 is 3.00 bits per heavy atom. The van der Waals surface area contributed by atoms with Gasteiger partial charge < -0.3 is 10.2 Å². The summed E-state index contributed by atoms with van der Waals surface area (Å²) in [7, 11) is 0. The largest absolute Gasteiger partial charge is 0.367 e. The molecule has 0 aromatic heterocycles. The molecule has 2 aliphatic heterocycles. The van der Waals surface area contributed by atoms with Crippen molar-refractivity contribution in [1.82, 2.24) is 5.32 Å². The van der Waals surface area contributed by atoms with Crippen LogP contribution in [-0.4, -0.2) is 25.7 Å². The highest BCUT2D eigenvalue weighted by Crippen LogP contribution is 2.37. The number of halogens is 1. The van der Waals surface area contributed by atoms with Crippen molar-refractivity contribution in [3.63, 3.8) is 0 Å². The molecule has 0 radical (unpaired) electrons. The molecular formula is C14H16FN3. The SMILES string of the molecule is CC1C2CNCC2CN1c1cccc(F)c1C#N. The van der Waals surface area contributed by atoms with Crippen LogP contribution in [0.25, 0.3) is 0 Å². The second-order valence-electron chi connectivity index (χ2n) is 5.22. The highest BCUT2D eigenvalue weighted by atomic mass is 19.1. The van der Waals surface area contributed by atoms with E-state index in [4.69, 9.17) is 5.26 Å². The van der Waals surface area contributed by atoms with Gasteiger partial charge in [0, 0.05) is 25.7 Å². The van der Waals surface area contributed by atoms with Crippen LogP contribution in [0.2, 0.25) is 0 Å². The Labute approximate surface area is 106 Å². The highest BCUT2D eigenvalue weighted by molar-refractivity contribution is 5.61. The Morgan fingerprint density at radius 1 is 1.44 bits per heavy atom. The zero-order chi connectivity index (χ0) is 12.7. The van der Waals surface area contributed by atoms with Crippen LogP contribution < -0.4 is 10.2 Å². The van der Waals surface area contributed by atoms with Crippen LogP contribution in [0.1, 0.15) is 12.5 Å². The first-order valence-corrected chi connectivity index (χ1v) is 6.38. The Morgan fingerprint density at radius 2 is 2.28 bits per heavy atom. The predicted molar refractivity (Wildman–Crippen MR) is 67.8 cm³/mol. The lowest BCUT2D eigenvalue weighted by molar-refractivity contribution is 0.471. The van der Waals surface area contributed by atoms with Crippen molar-refractivity contribution < 1.29 is 4.39 Å². The van der Waals surface area contributed by atoms with Gasteiger partial charge in [0.2, 0.25) is 0 Å². The van der Waals surface area contributed by atoms with E-state index >= 15 is 0 Å². The van der Waals surface area contributed by atoms with Crippen LogP contribution in [0.15, 0.2) is 18.2 Å². The standard InChI is InChI=1S/C14H16FN3/c1-9-12-7-17-6-10(12)8-18(9)14-4-2-3-13(15)11(14)5-16/h2-4,9-10,12,17H,6-8H2,1H3. The topological polar surface area (TPSA) is 39.1 Å². The van der Waals surface area contributed by atoms with Crippen LogP contribution in [0, 0.1) is 29.0 Å². The second-order valence-corrected chi connectivity index (χ2v) is 5.22. The molecule has 0 spiro atoms. The number of benzene rings is 1. The summed E-state index contributed by atoms with van der Waals surface area (Å²) in [4.78, 5) is 2.19. The van der Waals surface area contributed by atoms with Gasteiger partial charge in [-0.05, 0) is 30.9 Å². The van der Waals surface area contributed by atoms with Crippen molar-refractivity contribution in [2.45, 2.75) is 13.0 Å². The van der Waals surface area contributed by atoms with Crippen LogP contribution >= 0.6 is 0 Å². The molecule has 3 nitrogen and oxygen atoms in total. The van der Waals surface area contributed by atoms with Gasteiger partial charge in [0.1, 0.15) is 17.4 Å². The van der Waals surface area contributed by atoms with Crippen molar-refractivity contribution in [2.75, 3.05) is 24.5 Å². The third-order valence-corrected chi connectivity index (χ3v) is 4.35. The third-order valence-electron chi connectivity index (χ3n) is 4.35. The molecule has 0 amide bonds. The van der Waals surface area contributed by atoms with Crippen molar-refractivity contribution in [3.8, 4) is 6.07 Å². The fourth-order valence-corrected chi connectivity index (χ4v) is 3.35. The highest BCUT2D eigenvalue weighted by Gasteiger charge is 2.42. The maximum atomic E-state index is 13.7. The number of rotatable bonds is 1. The van der Waals surface area contributed by atoms with E-state index in [9.17, 15) is 4.39 Å². The van der Waals surface area contributed by atoms with E-state index in [1.165, 1.54) is 6.07 Å². The number of fused-ring (bicyclic) bond motifs is 1. The summed E-state index contributed by atoms with van der Waals surface area (Å²) in [6.07, 6.45) is 0. The number of nitriles is 1. The number of anilines is 1. The fraction of sp³-hybridized carbons (Fsp3) is 0.500. The van der Waals surface area contributed by atoms with Gasteiger partial charge >= 0.3 is 0 Å². The molecule has 0 saturated carbocycles. The summed E-state index contributed by atoms with van der Waals surface area (Å²) in [5, 5.41) is 12.5. The molecule has 2 fully saturated rings. The predicted octanol–water partition coefficient (Wildman–Crippen LogP) is 1.74. The van der Waals surface area contributed by atoms with E-state index in [1.807, 2.05) is 12.1 Å². The molecule has 1 N–H and O–H groups in total. The molecule has 0 bridgehead atoms. The Hall–Kier alpha value is -1.60. The van der Waals surface area contributed by atoms with E-state index in [0.717, 1.165) is 25.3 Å². The van der Waals surface area contributed by atoms with E-state index in [2.05, 4.69) is 17.1 Å². The van der Waals surface area contributed by atoms with E-state index in [-0.39, 0.29) is 5.56 Å². The maximum Gasteiger partial charge on any atom is 0.143 e. The minimum atomic E-state index is -0.419. The van der Waals surface area contributed by atoms with Crippen molar-refractivity contribution in [1.29, 1.82) is 5.26 Å². The molecule has 4 heteroatoms. The summed E-state index contributed by atoms with van der Waals surface area (Å²) < 4.78 is 13.7. The lowest BCUT2D eigenvalue weighted by Crippen LogP contribution is -2.33. The van der Waals surface area contributed by atoms with Gasteiger partial charge in [-0.15, -0.1) is 0 Å². The first-order valence-electron chi connectivity index (χ1n) is 6.38. The Bertz CT molecular complexity index is 508. The zero-order valence-electron chi connectivity index (χ0n) is 10.4. The van der Waals surface area contributed by atoms with Gasteiger partial charge in [0.15, 0.2) is 0 Å². The molecule has 3 rings (SSSR count). The molecular weight excluding hydrogens is 229 g/mol. The van der Waals surface area contributed by atoms with E-state index in [1.54, 1.807) is 6.07 Å². The van der Waals surface area contributed by atoms with E-state index < -0.39 is 5.82 Å². The summed E-state index contributed by atoms with van der Waals surface area (Å²) >= 11 is 0. The molecule has 1 aromatic carbocycles. The molecule has 3 unspecified atom stereocenters. The molecule has 3 atom stereocenters. The second kappa shape index (κ2) is 4.25. The van der Waals surface area contributed by atoms with Crippen molar-refractivity contribution in [2.24, 2.45) is 11.8 Å². The molecule has 2 heterocycles. The zero-order valence-corrected chi connectivity index (χ0v) is 10.4. The summed E-state index contributed by atoms with van der Waals surface area (Å²) in [5.41, 5.74) is 0.927. The minimum absolute atomic E-state index is 0.178. The molecule has 94 valence electrons. The van der Waals surface area contributed by atoms with Crippen molar-refractivity contribution >= 4 is 5.69 Å². The maximum absolute atomic E-state index is 13.7. The van der Waals surface area contributed by atoms with Gasteiger partial charge in [-0.1, -0.05) is 6.07 Å². The number of nitrogens with zero attached hydrogens (tertiary/aromatic N) is 2. The fourth-order valence-electron chi connectivity index (χ4n) is 3.35. The average molecular weight is 245 g/mol. The number of hydrogen-bond acceptors (Lipinski definition) is 3. The Balaban J connectivity index is 1.97. The van der Waals surface area contributed by atoms with Crippen LogP contribution in [-0.2, 0) is 0 Å². The average Bonchev–Trinajstić information content (AvgIpc) is 2.92. The smallest absolute Gasteiger partial charge is 0.143 e. The first kappa shape index (κ1) is 11.5. The summed E-state index contributed by atoms with van der Waals surface area (Å²) in [5.74, 6) is 0.812. The van der Waals surface area contributed by atoms with Crippen LogP contribution in [0.3, 0.4) is 0 Å². The number of nitrogens with one attached hydrogen (secondary N) is 1. The molecule has 2 saturated heterocycles. The van der Waals surface area contributed by atoms with Gasteiger partial charge in [-0.25, -0.2) is 4.39 Å². The van der Waals surface area contributed by atoms with Gasteiger partial charge in [-0.3, -0.25) is 0 Å². The minimum Gasteiger partial charge on any atom is -0.367 e. The van der Waals surface area contributed by atoms with Crippen molar-refractivity contribution in [3.05, 3.63) is 29.6 Å². The normalized spacial score (nSPS) is 30.3. The van der Waals surface area contributed by atoms with Gasteiger partial charge in [0.05, 0.1) is 5.69 Å². The first-order chi connectivity index (χ1) is 8.72. The van der Waals surface area contributed by atoms with Gasteiger partial charge in [-0.2, -0.15) is 5.26 Å². The van der Waals surface area contributed by atoms with Crippen LogP contribution in [0.5, 0.6) is 0 Å². The lowest BCUT2D eigenvalue weighted by Gasteiger charge is -2.27. The molecule has 0 aliphatic carbocycles. The quantitative estimate of drug-likeness (QED) is 0.819. The number of hydrogen-bond donors (Lipinski definition) is 1.